The van der Waals surface area contributed by atoms with Crippen LogP contribution in [0.5, 0.6) is 0 Å². The van der Waals surface area contributed by atoms with Crippen molar-refractivity contribution in [3.05, 3.63) is 0 Å². The molecule has 0 aromatic heterocycles. The fourth-order valence-electron chi connectivity index (χ4n) is 1.45. The second kappa shape index (κ2) is 32.7. The van der Waals surface area contributed by atoms with E-state index in [1.54, 1.807) is 21.0 Å². The molecule has 0 atom stereocenters. The number of Topliss-reactive ketones (excluding diaryl/α,β-unsaturated/α-hetero) is 2. The predicted molar refractivity (Wildman–Crippen MR) is 176 cm³/mol. The molecule has 0 saturated carbocycles. The Labute approximate surface area is 309 Å². The molecule has 0 amide bonds. The number of carboxylic acid groups (broad SMARTS) is 1. The first-order valence-corrected chi connectivity index (χ1v) is 22.6. The fourth-order valence-corrected chi connectivity index (χ4v) is 2.63. The third kappa shape index (κ3) is 34.8. The summed E-state index contributed by atoms with van der Waals surface area (Å²) in [5, 5.41) is 6.90. The Morgan fingerprint density at radius 3 is 1.33 bits per heavy atom. The minimum atomic E-state index is -4.51. The van der Waals surface area contributed by atoms with E-state index in [1.807, 2.05) is 0 Å². The predicted octanol–water partition coefficient (Wildman–Crippen LogP) is -4.49. The molecule has 15 nitrogen and oxygen atoms in total. The zero-order chi connectivity index (χ0) is 32.0. The zero-order valence-corrected chi connectivity index (χ0v) is 35.4. The Hall–Kier alpha value is 0.304. The topological polar surface area (TPSA) is 206 Å². The second-order valence-electron chi connectivity index (χ2n) is 6.53. The van der Waals surface area contributed by atoms with Crippen molar-refractivity contribution < 1.29 is 92.9 Å². The number of halogens is 6. The molecule has 0 radical (unpaired) electrons. The van der Waals surface area contributed by atoms with E-state index in [9.17, 15) is 36.0 Å². The van der Waals surface area contributed by atoms with Crippen molar-refractivity contribution in [1.29, 1.82) is 0 Å². The number of carboxylic acids is 1. The number of nitrogens with zero attached hydrogens (tertiary/aromatic N) is 4. The summed E-state index contributed by atoms with van der Waals surface area (Å²) < 4.78 is 53.9. The summed E-state index contributed by atoms with van der Waals surface area (Å²) in [7, 11) is 5.67. The van der Waals surface area contributed by atoms with Crippen molar-refractivity contribution >= 4 is 141 Å². The molecule has 0 fully saturated rings. The standard InChI is InChI=1S/C9H15N2O5S.C6H9NO3.C3H7ClNO3S.2ClH.3HI.V/c1-5-7(12)8(10-2)9(13)17(14,15)16-6-11(3)4;1-3-4(8)5(7-2)6(9)10;1-5(2)3-8-9(4,6)7;;;;;;/h6H,5H2,1-4H3;3H2,1-2H3,(H,9,10);3H,1-2H3;5*1H;/q+1;;+1;;;;;;+2/p-4. The van der Waals surface area contributed by atoms with Gasteiger partial charge in [-0.3, -0.25) is 24.4 Å². The number of aliphatic carboxylic acids is 1. The summed E-state index contributed by atoms with van der Waals surface area (Å²) in [5.41, 5.74) is -0.998. The maximum atomic E-state index is 11.5. The number of carbonyl (C=O) groups excluding carboxylic acids is 3. The molecule has 42 heavy (non-hydrogen) atoms. The molecule has 0 bridgehead atoms. The van der Waals surface area contributed by atoms with E-state index in [0.29, 0.717) is 9.47 Å². The van der Waals surface area contributed by atoms with Gasteiger partial charge in [0.15, 0.2) is 23.0 Å². The molecule has 0 heterocycles. The van der Waals surface area contributed by atoms with Crippen molar-refractivity contribution in [2.75, 3.05) is 42.3 Å². The number of hydrogen-bond donors (Lipinski definition) is 1. The van der Waals surface area contributed by atoms with E-state index in [0.717, 1.165) is 12.8 Å². The number of hydrogen-bond acceptors (Lipinski definition) is 12. The number of ketones is 2. The number of aliphatic imine (C=N–C) groups is 2. The van der Waals surface area contributed by atoms with Crippen LogP contribution in [0.4, 0.5) is 0 Å². The molecule has 0 aromatic carbocycles. The minimum absolute atomic E-state index is 0. The van der Waals surface area contributed by atoms with Crippen molar-refractivity contribution in [1.82, 2.24) is 0 Å². The van der Waals surface area contributed by atoms with Gasteiger partial charge in [-0.25, -0.2) is 13.9 Å². The molecular formula is C18H32Cl3I3N4O11S2V. The van der Waals surface area contributed by atoms with E-state index in [1.165, 1.54) is 44.3 Å². The third-order valence-corrected chi connectivity index (χ3v) is 4.51. The summed E-state index contributed by atoms with van der Waals surface area (Å²) in [5.74, 6) is -2.33. The van der Waals surface area contributed by atoms with Gasteiger partial charge in [-0.05, 0) is 0 Å². The Morgan fingerprint density at radius 2 is 1.14 bits per heavy atom. The Balaban J connectivity index is -0.0000000850. The van der Waals surface area contributed by atoms with Crippen LogP contribution in [0.2, 0.25) is 0 Å². The monoisotopic (exact) mass is 1080 g/mol. The number of carbonyl (C=O) groups is 4. The molecule has 0 aliphatic carbocycles. The first-order chi connectivity index (χ1) is 17.7. The van der Waals surface area contributed by atoms with Crippen LogP contribution in [0, 0.1) is 0 Å². The van der Waals surface area contributed by atoms with Crippen molar-refractivity contribution in [2.45, 2.75) is 26.7 Å². The van der Waals surface area contributed by atoms with Crippen molar-refractivity contribution in [3.8, 4) is 0 Å². The fraction of sp³-hybridized carbons (Fsp3) is 0.556. The molecule has 24 heteroatoms. The van der Waals surface area contributed by atoms with Crippen LogP contribution in [0.15, 0.2) is 9.98 Å². The van der Waals surface area contributed by atoms with Crippen LogP contribution in [-0.2, 0) is 56.5 Å². The summed E-state index contributed by atoms with van der Waals surface area (Å²) in [6.07, 6.45) is 2.00. The number of rotatable bonds is 10. The van der Waals surface area contributed by atoms with Gasteiger partial charge in [0.05, 0.1) is 10.7 Å². The average molecular weight is 1080 g/mol. The van der Waals surface area contributed by atoms with E-state index in [4.69, 9.17) is 5.11 Å². The van der Waals surface area contributed by atoms with Crippen LogP contribution < -0.4 is 24.8 Å². The van der Waals surface area contributed by atoms with Gasteiger partial charge in [-0.1, -0.05) is 13.8 Å². The van der Waals surface area contributed by atoms with Crippen LogP contribution in [0.25, 0.3) is 0 Å². The van der Waals surface area contributed by atoms with Crippen LogP contribution in [0.1, 0.15) is 26.7 Å². The molecular weight excluding hydrogens is 1050 g/mol. The Kier molecular flexibility index (Phi) is 45.1. The van der Waals surface area contributed by atoms with Gasteiger partial charge in [0.1, 0.15) is 28.2 Å². The first kappa shape index (κ1) is 57.9. The van der Waals surface area contributed by atoms with Gasteiger partial charge in [0, 0.05) is 26.9 Å². The van der Waals surface area contributed by atoms with Gasteiger partial charge in [0.25, 0.3) is 0 Å². The van der Waals surface area contributed by atoms with Gasteiger partial charge in [-0.2, -0.15) is 16.8 Å². The molecule has 1 N–H and O–H groups in total. The Morgan fingerprint density at radius 1 is 0.833 bits per heavy atom. The van der Waals surface area contributed by atoms with E-state index in [-0.39, 0.29) is 67.3 Å². The Bertz CT molecular complexity index is 1180. The quantitative estimate of drug-likeness (QED) is 0.0420. The molecule has 0 saturated heterocycles. The van der Waals surface area contributed by atoms with E-state index < -0.39 is 47.8 Å². The molecule has 0 aliphatic heterocycles. The molecule has 0 rings (SSSR count). The first-order valence-electron chi connectivity index (χ1n) is 9.98. The van der Waals surface area contributed by atoms with E-state index in [2.05, 4.69) is 69.0 Å². The van der Waals surface area contributed by atoms with Gasteiger partial charge >= 0.3 is 92.8 Å². The molecule has 249 valence electrons. The zero-order valence-electron chi connectivity index (χ0n) is 23.4. The van der Waals surface area contributed by atoms with Crippen LogP contribution in [-0.4, -0.2) is 120 Å². The molecule has 0 unspecified atom stereocenters. The maximum absolute atomic E-state index is 11.5. The summed E-state index contributed by atoms with van der Waals surface area (Å²) in [6, 6.07) is 0. The molecule has 0 aromatic rings. The summed E-state index contributed by atoms with van der Waals surface area (Å²) in [6.45, 7) is 3.09. The molecule has 0 spiro atoms. The summed E-state index contributed by atoms with van der Waals surface area (Å²) in [4.78, 5) is 50.3. The molecule has 0 aliphatic rings. The van der Waals surface area contributed by atoms with Crippen molar-refractivity contribution in [3.63, 3.8) is 0 Å². The third-order valence-electron chi connectivity index (χ3n) is 2.99. The van der Waals surface area contributed by atoms with Gasteiger partial charge in [0.2, 0.25) is 0 Å². The second-order valence-corrected chi connectivity index (χ2v) is 21.9. The van der Waals surface area contributed by atoms with Gasteiger partial charge in [-0.15, -0.1) is 24.0 Å². The van der Waals surface area contributed by atoms with Gasteiger partial charge < -0.3 is 38.3 Å². The van der Waals surface area contributed by atoms with Crippen LogP contribution in [0.3, 0.4) is 0 Å². The SMILES string of the molecule is CCC(=O)C(=NC)C(=O)O.CCC(=O)C(=NC)C(=O)S(=O)(=O)OC=[N+](C)C.C[N+](C)=COS(=O)(=O)Cl.I.[Cl-].[Cl-].[I][V][I]. The van der Waals surface area contributed by atoms with Crippen LogP contribution >= 0.6 is 74.6 Å². The summed E-state index contributed by atoms with van der Waals surface area (Å²) >= 11 is 4.74. The van der Waals surface area contributed by atoms with Crippen molar-refractivity contribution in [2.24, 2.45) is 9.98 Å². The van der Waals surface area contributed by atoms with E-state index >= 15 is 0 Å². The normalized spacial score (nSPS) is 10.1. The average Bonchev–Trinajstić information content (AvgIpc) is 2.82.